The summed E-state index contributed by atoms with van der Waals surface area (Å²) >= 11 is 3.38. The van der Waals surface area contributed by atoms with Gasteiger partial charge < -0.3 is 15.8 Å². The summed E-state index contributed by atoms with van der Waals surface area (Å²) in [6.45, 7) is 2.43. The second-order valence-electron chi connectivity index (χ2n) is 6.48. The van der Waals surface area contributed by atoms with Crippen LogP contribution in [0.4, 0.5) is 18.9 Å². The van der Waals surface area contributed by atoms with E-state index in [4.69, 9.17) is 10.5 Å². The van der Waals surface area contributed by atoms with Gasteiger partial charge in [0.25, 0.3) is 5.91 Å². The molecule has 1 aromatic heterocycles. The molecule has 28 heavy (non-hydrogen) atoms. The number of anilines is 1. The van der Waals surface area contributed by atoms with Crippen molar-refractivity contribution in [3.8, 4) is 0 Å². The number of aliphatic imine (C=N–C) groups is 1. The average Bonchev–Trinajstić information content (AvgIpc) is 2.60. The van der Waals surface area contributed by atoms with E-state index in [1.807, 2.05) is 13.0 Å². The number of hydrogen-bond donors (Lipinski definition) is 2. The molecular formula is C18H16BrF3N4O2. The van der Waals surface area contributed by atoms with Crippen LogP contribution in [0, 0.1) is 0 Å². The van der Waals surface area contributed by atoms with Gasteiger partial charge >= 0.3 is 6.18 Å². The third-order valence-electron chi connectivity index (χ3n) is 4.12. The van der Waals surface area contributed by atoms with E-state index in [-0.39, 0.29) is 12.3 Å². The first-order valence-electron chi connectivity index (χ1n) is 8.14. The number of halogens is 4. The number of hydrogen-bond acceptors (Lipinski definition) is 5. The minimum atomic E-state index is -4.51. The number of amides is 1. The summed E-state index contributed by atoms with van der Waals surface area (Å²) in [6.07, 6.45) is -3.89. The van der Waals surface area contributed by atoms with Gasteiger partial charge in [0.1, 0.15) is 23.7 Å². The molecule has 0 radical (unpaired) electrons. The summed E-state index contributed by atoms with van der Waals surface area (Å²) < 4.78 is 44.0. The van der Waals surface area contributed by atoms with Crippen LogP contribution < -0.4 is 11.1 Å². The molecule has 2 heterocycles. The molecule has 6 nitrogen and oxygen atoms in total. The van der Waals surface area contributed by atoms with Gasteiger partial charge in [0.2, 0.25) is 0 Å². The van der Waals surface area contributed by atoms with E-state index in [0.717, 1.165) is 17.7 Å². The molecule has 0 bridgehead atoms. The van der Waals surface area contributed by atoms with Crippen LogP contribution in [-0.4, -0.2) is 29.9 Å². The van der Waals surface area contributed by atoms with Crippen molar-refractivity contribution in [1.29, 1.82) is 0 Å². The molecule has 1 aromatic carbocycles. The Morgan fingerprint density at radius 3 is 2.68 bits per heavy atom. The van der Waals surface area contributed by atoms with Gasteiger partial charge in [-0.1, -0.05) is 15.9 Å². The number of carbonyl (C=O) groups excluding carboxylic acids is 1. The molecular weight excluding hydrogens is 441 g/mol. The number of rotatable bonds is 3. The van der Waals surface area contributed by atoms with Gasteiger partial charge in [0.15, 0.2) is 0 Å². The molecule has 148 valence electrons. The zero-order valence-electron chi connectivity index (χ0n) is 14.7. The minimum Gasteiger partial charge on any atom is -0.386 e. The zero-order chi connectivity index (χ0) is 20.5. The smallest absolute Gasteiger partial charge is 0.386 e. The van der Waals surface area contributed by atoms with Gasteiger partial charge in [0.05, 0.1) is 12.2 Å². The number of nitrogens with zero attached hydrogens (tertiary/aromatic N) is 2. The molecule has 1 amide bonds. The van der Waals surface area contributed by atoms with E-state index in [2.05, 4.69) is 31.2 Å². The number of amidine groups is 1. The molecule has 1 atom stereocenters. The molecule has 10 heteroatoms. The Labute approximate surface area is 167 Å². The number of pyridine rings is 1. The van der Waals surface area contributed by atoms with E-state index >= 15 is 0 Å². The molecule has 0 spiro atoms. The van der Waals surface area contributed by atoms with Crippen molar-refractivity contribution in [3.63, 3.8) is 0 Å². The van der Waals surface area contributed by atoms with E-state index in [0.29, 0.717) is 28.8 Å². The first kappa shape index (κ1) is 20.3. The predicted molar refractivity (Wildman–Crippen MR) is 101 cm³/mol. The van der Waals surface area contributed by atoms with Gasteiger partial charge in [-0.2, -0.15) is 13.2 Å². The number of nitrogens with two attached hydrogens (primary N) is 1. The maximum atomic E-state index is 12.6. The number of aromatic nitrogens is 1. The number of alkyl halides is 3. The van der Waals surface area contributed by atoms with Gasteiger partial charge in [-0.15, -0.1) is 0 Å². The molecule has 2 aromatic rings. The monoisotopic (exact) mass is 456 g/mol. The molecule has 3 rings (SSSR count). The summed E-state index contributed by atoms with van der Waals surface area (Å²) in [5.41, 5.74) is 5.18. The lowest BCUT2D eigenvalue weighted by Gasteiger charge is -2.30. The Morgan fingerprint density at radius 1 is 1.32 bits per heavy atom. The first-order valence-corrected chi connectivity index (χ1v) is 8.94. The van der Waals surface area contributed by atoms with E-state index in [1.54, 1.807) is 12.1 Å². The highest BCUT2D eigenvalue weighted by atomic mass is 79.9. The Bertz CT molecular complexity index is 931. The molecule has 3 N–H and O–H groups in total. The lowest BCUT2D eigenvalue weighted by Crippen LogP contribution is -2.37. The standard InChI is InChI=1S/C18H16BrF3N4O2/c1-17(9-28-8-15(23)26-17)11-4-12(19)6-13(5-11)25-16(27)14-3-2-10(7-24-14)18(20,21)22/h2-7H,8-9H2,1H3,(H2,23,26)(H,25,27). The zero-order valence-corrected chi connectivity index (χ0v) is 16.3. The topological polar surface area (TPSA) is 89.6 Å². The van der Waals surface area contributed by atoms with Crippen LogP contribution in [0.2, 0.25) is 0 Å². The fourth-order valence-electron chi connectivity index (χ4n) is 2.75. The second-order valence-corrected chi connectivity index (χ2v) is 7.40. The first-order chi connectivity index (χ1) is 13.1. The largest absolute Gasteiger partial charge is 0.417 e. The molecule has 0 aliphatic carbocycles. The van der Waals surface area contributed by atoms with Crippen LogP contribution in [0.15, 0.2) is 46.0 Å². The quantitative estimate of drug-likeness (QED) is 0.736. The molecule has 1 aliphatic heterocycles. The van der Waals surface area contributed by atoms with Gasteiger partial charge in [-0.3, -0.25) is 14.8 Å². The highest BCUT2D eigenvalue weighted by Gasteiger charge is 2.32. The van der Waals surface area contributed by atoms with Crippen LogP contribution in [0.5, 0.6) is 0 Å². The maximum Gasteiger partial charge on any atom is 0.417 e. The number of ether oxygens (including phenoxy) is 1. The summed E-state index contributed by atoms with van der Waals surface area (Å²) in [6, 6.07) is 7.03. The lowest BCUT2D eigenvalue weighted by atomic mass is 9.92. The molecule has 0 saturated carbocycles. The van der Waals surface area contributed by atoms with Gasteiger partial charge in [-0.25, -0.2) is 0 Å². The van der Waals surface area contributed by atoms with Crippen molar-refractivity contribution in [2.75, 3.05) is 18.5 Å². The summed E-state index contributed by atoms with van der Waals surface area (Å²) in [5, 5.41) is 2.63. The van der Waals surface area contributed by atoms with Crippen molar-refractivity contribution in [2.45, 2.75) is 18.6 Å². The maximum absolute atomic E-state index is 12.6. The van der Waals surface area contributed by atoms with Crippen LogP contribution in [0.1, 0.15) is 28.5 Å². The van der Waals surface area contributed by atoms with Crippen LogP contribution in [0.25, 0.3) is 0 Å². The SMILES string of the molecule is CC1(c2cc(Br)cc(NC(=O)c3ccc(C(F)(F)F)cn3)c2)COCC(N)=N1. The molecule has 1 unspecified atom stereocenters. The van der Waals surface area contributed by atoms with Gasteiger partial charge in [0, 0.05) is 16.4 Å². The fraction of sp³-hybridized carbons (Fsp3) is 0.278. The van der Waals surface area contributed by atoms with Crippen molar-refractivity contribution in [2.24, 2.45) is 10.7 Å². The normalized spacial score (nSPS) is 19.8. The van der Waals surface area contributed by atoms with E-state index in [1.165, 1.54) is 0 Å². The second kappa shape index (κ2) is 7.51. The van der Waals surface area contributed by atoms with Crippen molar-refractivity contribution in [1.82, 2.24) is 4.98 Å². The summed E-state index contributed by atoms with van der Waals surface area (Å²) in [5.74, 6) is -0.265. The van der Waals surface area contributed by atoms with Crippen LogP contribution in [-0.2, 0) is 16.5 Å². The molecule has 1 aliphatic rings. The Hall–Kier alpha value is -2.46. The number of benzene rings is 1. The Balaban J connectivity index is 1.84. The Kier molecular flexibility index (Phi) is 5.44. The molecule has 0 fully saturated rings. The summed E-state index contributed by atoms with van der Waals surface area (Å²) in [7, 11) is 0. The molecule has 0 saturated heterocycles. The lowest BCUT2D eigenvalue weighted by molar-refractivity contribution is -0.137. The average molecular weight is 457 g/mol. The Morgan fingerprint density at radius 2 is 2.07 bits per heavy atom. The van der Waals surface area contributed by atoms with Crippen molar-refractivity contribution in [3.05, 3.63) is 57.8 Å². The van der Waals surface area contributed by atoms with Crippen LogP contribution >= 0.6 is 15.9 Å². The van der Waals surface area contributed by atoms with Crippen molar-refractivity contribution >= 4 is 33.4 Å². The third kappa shape index (κ3) is 4.50. The minimum absolute atomic E-state index is 0.135. The van der Waals surface area contributed by atoms with E-state index < -0.39 is 23.2 Å². The third-order valence-corrected chi connectivity index (χ3v) is 4.58. The van der Waals surface area contributed by atoms with Gasteiger partial charge in [-0.05, 0) is 42.8 Å². The predicted octanol–water partition coefficient (Wildman–Crippen LogP) is 3.72. The highest BCUT2D eigenvalue weighted by Crippen LogP contribution is 2.33. The van der Waals surface area contributed by atoms with Crippen LogP contribution in [0.3, 0.4) is 0 Å². The fourth-order valence-corrected chi connectivity index (χ4v) is 3.24. The highest BCUT2D eigenvalue weighted by molar-refractivity contribution is 9.10. The summed E-state index contributed by atoms with van der Waals surface area (Å²) in [4.78, 5) is 20.4. The van der Waals surface area contributed by atoms with Crippen molar-refractivity contribution < 1.29 is 22.7 Å². The number of carbonyl (C=O) groups is 1. The van der Waals surface area contributed by atoms with E-state index in [9.17, 15) is 18.0 Å². The number of nitrogens with one attached hydrogen (secondary N) is 1.